The van der Waals surface area contributed by atoms with Crippen LogP contribution in [0.15, 0.2) is 29.3 Å². The predicted molar refractivity (Wildman–Crippen MR) is 132 cm³/mol. The van der Waals surface area contributed by atoms with Crippen molar-refractivity contribution in [3.63, 3.8) is 0 Å². The van der Waals surface area contributed by atoms with E-state index >= 15 is 0 Å². The maximum Gasteiger partial charge on any atom is 0.322 e. The van der Waals surface area contributed by atoms with E-state index < -0.39 is 11.9 Å². The molecule has 34 heavy (non-hydrogen) atoms. The van der Waals surface area contributed by atoms with Crippen LogP contribution < -0.4 is 28.3 Å². The van der Waals surface area contributed by atoms with Crippen LogP contribution in [0, 0.1) is 0 Å². The molecule has 1 aromatic heterocycles. The topological polar surface area (TPSA) is 198 Å². The highest BCUT2D eigenvalue weighted by molar-refractivity contribution is 6.31. The van der Waals surface area contributed by atoms with Crippen molar-refractivity contribution < 1.29 is 14.3 Å². The van der Waals surface area contributed by atoms with Crippen LogP contribution in [0.5, 0.6) is 0 Å². The number of esters is 1. The van der Waals surface area contributed by atoms with Gasteiger partial charge < -0.3 is 27.7 Å². The number of hydrogen-bond donors (Lipinski definition) is 5. The van der Waals surface area contributed by atoms with E-state index in [1.54, 1.807) is 0 Å². The summed E-state index contributed by atoms with van der Waals surface area (Å²) in [6.07, 6.45) is 4.85. The Morgan fingerprint density at radius 1 is 1.06 bits per heavy atom. The smallest absolute Gasteiger partial charge is 0.322 e. The van der Waals surface area contributed by atoms with Gasteiger partial charge in [-0.2, -0.15) is 0 Å². The number of nitrogens with one attached hydrogen (secondary N) is 1. The Morgan fingerprint density at radius 3 is 2.29 bits per heavy atom. The Hall–Kier alpha value is -3.44. The molecule has 0 aliphatic heterocycles. The van der Waals surface area contributed by atoms with Crippen LogP contribution in [0.3, 0.4) is 0 Å². The summed E-state index contributed by atoms with van der Waals surface area (Å²) < 4.78 is 4.63. The molecule has 2 rings (SSSR count). The first-order valence-corrected chi connectivity index (χ1v) is 11.2. The number of aliphatic imine (C=N–C) groups is 1. The third kappa shape index (κ3) is 8.49. The lowest BCUT2D eigenvalue weighted by molar-refractivity contribution is -0.142. The van der Waals surface area contributed by atoms with Crippen molar-refractivity contribution in [1.29, 1.82) is 0 Å². The monoisotopic (exact) mass is 490 g/mol. The molecule has 0 saturated carbocycles. The van der Waals surface area contributed by atoms with Gasteiger partial charge in [-0.25, -0.2) is 9.97 Å². The molecule has 184 valence electrons. The van der Waals surface area contributed by atoms with Gasteiger partial charge in [-0.15, -0.1) is 0 Å². The molecule has 2 aromatic rings. The highest BCUT2D eigenvalue weighted by Crippen LogP contribution is 2.17. The molecule has 1 atom stereocenters. The first-order chi connectivity index (χ1) is 16.2. The largest absolute Gasteiger partial charge is 0.468 e. The molecule has 1 heterocycles. The maximum absolute atomic E-state index is 12.2. The molecular formula is C22H31ClN8O3. The zero-order valence-corrected chi connectivity index (χ0v) is 19.8. The molecule has 0 aliphatic carbocycles. The van der Waals surface area contributed by atoms with Gasteiger partial charge in [0, 0.05) is 6.54 Å². The molecule has 1 aromatic carbocycles. The molecule has 1 amide bonds. The normalized spacial score (nSPS) is 12.3. The highest BCUT2D eigenvalue weighted by Gasteiger charge is 2.16. The molecule has 11 nitrogen and oxygen atoms in total. The average Bonchev–Trinajstić information content (AvgIpc) is 2.81. The van der Waals surface area contributed by atoms with Crippen LogP contribution in [0.2, 0.25) is 5.15 Å². The molecule has 0 spiro atoms. The highest BCUT2D eigenvalue weighted by atomic mass is 35.5. The molecule has 12 heteroatoms. The number of benzene rings is 1. The number of aryl methyl sites for hydroxylation is 2. The quantitative estimate of drug-likeness (QED) is 0.133. The van der Waals surface area contributed by atoms with Gasteiger partial charge in [0.05, 0.1) is 7.11 Å². The number of ether oxygens (including phenoxy) is 1. The fraction of sp³-hybridized carbons (Fsp3) is 0.409. The zero-order valence-electron chi connectivity index (χ0n) is 19.1. The van der Waals surface area contributed by atoms with Crippen LogP contribution in [0.25, 0.3) is 0 Å². The van der Waals surface area contributed by atoms with Crippen LogP contribution in [-0.2, 0) is 22.4 Å². The number of rotatable bonds is 11. The van der Waals surface area contributed by atoms with Gasteiger partial charge >= 0.3 is 5.97 Å². The van der Waals surface area contributed by atoms with E-state index in [2.05, 4.69) is 49.3 Å². The van der Waals surface area contributed by atoms with Gasteiger partial charge in [0.1, 0.15) is 6.04 Å². The van der Waals surface area contributed by atoms with Gasteiger partial charge in [0.2, 0.25) is 0 Å². The Kier molecular flexibility index (Phi) is 10.5. The van der Waals surface area contributed by atoms with Crippen molar-refractivity contribution in [2.45, 2.75) is 44.6 Å². The number of halogens is 1. The van der Waals surface area contributed by atoms with Crippen LogP contribution in [0.4, 0.5) is 11.6 Å². The van der Waals surface area contributed by atoms with Crippen LogP contribution in [0.1, 0.15) is 47.3 Å². The Labute approximate surface area is 203 Å². The van der Waals surface area contributed by atoms with Crippen molar-refractivity contribution in [3.05, 3.63) is 46.2 Å². The number of methoxy groups -OCH3 is 1. The van der Waals surface area contributed by atoms with Gasteiger partial charge in [0.25, 0.3) is 5.91 Å². The number of unbranched alkanes of at least 4 members (excludes halogenated alkanes) is 1. The summed E-state index contributed by atoms with van der Waals surface area (Å²) >= 11 is 5.78. The second-order valence-corrected chi connectivity index (χ2v) is 8.01. The van der Waals surface area contributed by atoms with E-state index in [0.717, 1.165) is 32.1 Å². The fourth-order valence-corrected chi connectivity index (χ4v) is 3.26. The number of carbonyl (C=O) groups excluding carboxylic acids is 2. The van der Waals surface area contributed by atoms with Crippen LogP contribution in [-0.4, -0.2) is 47.5 Å². The van der Waals surface area contributed by atoms with Crippen molar-refractivity contribution >= 4 is 41.1 Å². The Morgan fingerprint density at radius 2 is 1.68 bits per heavy atom. The number of carbonyl (C=O) groups is 2. The van der Waals surface area contributed by atoms with Crippen molar-refractivity contribution in [2.24, 2.45) is 16.5 Å². The lowest BCUT2D eigenvalue weighted by Crippen LogP contribution is -2.38. The number of guanidine groups is 1. The number of amides is 1. The summed E-state index contributed by atoms with van der Waals surface area (Å²) in [4.78, 5) is 35.2. The number of hydrogen-bond acceptors (Lipinski definition) is 9. The SMILES string of the molecule is COC(=O)[C@H](N)CCCc1ccc(CCCCN=C(N)NC(=O)c2nc(Cl)c(N)nc2N)cc1. The van der Waals surface area contributed by atoms with Gasteiger partial charge in [-0.1, -0.05) is 35.9 Å². The summed E-state index contributed by atoms with van der Waals surface area (Å²) in [6.45, 7) is 0.453. The molecule has 0 saturated heterocycles. The number of nitrogens with two attached hydrogens (primary N) is 4. The van der Waals surface area contributed by atoms with E-state index in [9.17, 15) is 9.59 Å². The summed E-state index contributed by atoms with van der Waals surface area (Å²) in [6, 6.07) is 7.79. The predicted octanol–water partition coefficient (Wildman–Crippen LogP) is 1.18. The fourth-order valence-electron chi connectivity index (χ4n) is 3.13. The molecule has 0 unspecified atom stereocenters. The molecule has 0 aliphatic rings. The number of nitrogens with zero attached hydrogens (tertiary/aromatic N) is 3. The van der Waals surface area contributed by atoms with Crippen molar-refractivity contribution in [3.8, 4) is 0 Å². The molecule has 0 bridgehead atoms. The Balaban J connectivity index is 1.69. The lowest BCUT2D eigenvalue weighted by atomic mass is 10.0. The molecule has 0 radical (unpaired) electrons. The number of anilines is 2. The summed E-state index contributed by atoms with van der Waals surface area (Å²) in [5, 5.41) is 2.29. The minimum absolute atomic E-state index is 0.0459. The average molecular weight is 491 g/mol. The summed E-state index contributed by atoms with van der Waals surface area (Å²) in [7, 11) is 1.34. The van der Waals surface area contributed by atoms with Crippen molar-refractivity contribution in [1.82, 2.24) is 15.3 Å². The minimum atomic E-state index is -0.666. The van der Waals surface area contributed by atoms with Crippen LogP contribution >= 0.6 is 11.6 Å². The summed E-state index contributed by atoms with van der Waals surface area (Å²) in [5.74, 6) is -1.30. The van der Waals surface area contributed by atoms with E-state index in [4.69, 9.17) is 34.5 Å². The minimum Gasteiger partial charge on any atom is -0.468 e. The number of aromatic nitrogens is 2. The lowest BCUT2D eigenvalue weighted by Gasteiger charge is -2.09. The van der Waals surface area contributed by atoms with Gasteiger partial charge in [-0.3, -0.25) is 19.9 Å². The second kappa shape index (κ2) is 13.3. The maximum atomic E-state index is 12.2. The van der Waals surface area contributed by atoms with E-state index in [1.165, 1.54) is 18.2 Å². The third-order valence-corrected chi connectivity index (χ3v) is 5.30. The molecular weight excluding hydrogens is 460 g/mol. The first kappa shape index (κ1) is 26.8. The standard InChI is InChI=1S/C22H31ClN8O3/c1-34-21(33)15(24)7-4-6-14-10-8-13(9-11-14)5-2-3-12-28-22(27)31-20(32)16-18(25)30-19(26)17(23)29-16/h8-11,15H,2-7,12,24H2,1H3,(H4,25,26,30)(H3,27,28,31,32)/t15-/m1/s1. The van der Waals surface area contributed by atoms with Gasteiger partial charge in [0.15, 0.2) is 28.4 Å². The van der Waals surface area contributed by atoms with Gasteiger partial charge in [-0.05, 0) is 49.7 Å². The summed E-state index contributed by atoms with van der Waals surface area (Å²) in [5.41, 5.74) is 24.9. The second-order valence-electron chi connectivity index (χ2n) is 7.65. The van der Waals surface area contributed by atoms with Crippen molar-refractivity contribution in [2.75, 3.05) is 25.1 Å². The van der Waals surface area contributed by atoms with E-state index in [-0.39, 0.29) is 34.4 Å². The Bertz CT molecular complexity index is 1010. The third-order valence-electron chi connectivity index (χ3n) is 5.02. The molecule has 9 N–H and O–H groups in total. The molecule has 0 fully saturated rings. The number of nitrogen functional groups attached to an aromatic ring is 2. The zero-order chi connectivity index (χ0) is 25.1. The van der Waals surface area contributed by atoms with E-state index in [0.29, 0.717) is 13.0 Å². The van der Waals surface area contributed by atoms with E-state index in [1.807, 2.05) is 0 Å². The first-order valence-electron chi connectivity index (χ1n) is 10.8.